The lowest BCUT2D eigenvalue weighted by Crippen LogP contribution is -2.23. The van der Waals surface area contributed by atoms with Crippen LogP contribution in [0.3, 0.4) is 0 Å². The molecule has 1 fully saturated rings. The Balaban J connectivity index is 1.49. The first-order valence-electron chi connectivity index (χ1n) is 8.26. The van der Waals surface area contributed by atoms with Crippen molar-refractivity contribution in [3.63, 3.8) is 0 Å². The van der Waals surface area contributed by atoms with Crippen molar-refractivity contribution < 1.29 is 4.79 Å². The molecule has 0 radical (unpaired) electrons. The van der Waals surface area contributed by atoms with Crippen LogP contribution in [-0.2, 0) is 17.8 Å². The van der Waals surface area contributed by atoms with E-state index in [0.717, 1.165) is 18.0 Å². The second kappa shape index (κ2) is 7.31. The number of rotatable bonds is 6. The lowest BCUT2D eigenvalue weighted by atomic mass is 9.98. The number of hydrogen-bond acceptors (Lipinski definition) is 3. The molecule has 0 aliphatic heterocycles. The van der Waals surface area contributed by atoms with E-state index in [4.69, 9.17) is 0 Å². The van der Waals surface area contributed by atoms with Gasteiger partial charge in [0, 0.05) is 19.3 Å². The minimum Gasteiger partial charge on any atom is -0.380 e. The van der Waals surface area contributed by atoms with E-state index in [1.54, 1.807) is 17.9 Å². The quantitative estimate of drug-likeness (QED) is 0.861. The maximum atomic E-state index is 11.4. The van der Waals surface area contributed by atoms with Crippen molar-refractivity contribution in [1.29, 1.82) is 0 Å². The van der Waals surface area contributed by atoms with Crippen molar-refractivity contribution in [2.75, 3.05) is 12.4 Å². The molecule has 0 bridgehead atoms. The molecule has 1 aromatic carbocycles. The molecule has 0 saturated heterocycles. The van der Waals surface area contributed by atoms with E-state index >= 15 is 0 Å². The molecule has 1 saturated carbocycles. The summed E-state index contributed by atoms with van der Waals surface area (Å²) < 4.78 is 1.66. The highest BCUT2D eigenvalue weighted by atomic mass is 16.1. The molecule has 1 aromatic heterocycles. The van der Waals surface area contributed by atoms with Crippen molar-refractivity contribution in [2.24, 2.45) is 5.92 Å². The Hall–Kier alpha value is -2.30. The molecular formula is C18H24N4O. The fourth-order valence-corrected chi connectivity index (χ4v) is 3.33. The molecule has 3 rings (SSSR count). The summed E-state index contributed by atoms with van der Waals surface area (Å²) in [5.41, 5.74) is 2.43. The largest absolute Gasteiger partial charge is 0.380 e. The Morgan fingerprint density at radius 1 is 1.30 bits per heavy atom. The summed E-state index contributed by atoms with van der Waals surface area (Å²) in [6.45, 7) is 0.263. The summed E-state index contributed by atoms with van der Waals surface area (Å²) in [6.07, 6.45) is 8.51. The molecule has 122 valence electrons. The smallest absolute Gasteiger partial charge is 0.241 e. The summed E-state index contributed by atoms with van der Waals surface area (Å²) in [7, 11) is 1.64. The van der Waals surface area contributed by atoms with E-state index in [0.29, 0.717) is 6.04 Å². The topological polar surface area (TPSA) is 59.0 Å². The van der Waals surface area contributed by atoms with Crippen molar-refractivity contribution >= 4 is 11.6 Å². The molecule has 1 heterocycles. The van der Waals surface area contributed by atoms with Crippen LogP contribution in [0.2, 0.25) is 0 Å². The lowest BCUT2D eigenvalue weighted by molar-refractivity contribution is -0.121. The van der Waals surface area contributed by atoms with Gasteiger partial charge in [0.05, 0.1) is 11.9 Å². The van der Waals surface area contributed by atoms with Crippen LogP contribution < -0.4 is 10.6 Å². The molecule has 2 atom stereocenters. The van der Waals surface area contributed by atoms with Gasteiger partial charge in [-0.05, 0) is 37.2 Å². The Bertz CT molecular complexity index is 637. The Labute approximate surface area is 137 Å². The fraction of sp³-hybridized carbons (Fsp3) is 0.444. The molecule has 1 amide bonds. The van der Waals surface area contributed by atoms with Crippen molar-refractivity contribution in [3.8, 4) is 0 Å². The van der Waals surface area contributed by atoms with Gasteiger partial charge >= 0.3 is 0 Å². The van der Waals surface area contributed by atoms with E-state index in [2.05, 4.69) is 46.1 Å². The summed E-state index contributed by atoms with van der Waals surface area (Å²) in [4.78, 5) is 11.4. The first-order valence-corrected chi connectivity index (χ1v) is 8.26. The van der Waals surface area contributed by atoms with E-state index in [-0.39, 0.29) is 12.5 Å². The van der Waals surface area contributed by atoms with Crippen LogP contribution in [0.15, 0.2) is 42.7 Å². The highest BCUT2D eigenvalue weighted by molar-refractivity contribution is 5.75. The maximum absolute atomic E-state index is 11.4. The van der Waals surface area contributed by atoms with Crippen molar-refractivity contribution in [3.05, 3.63) is 48.3 Å². The molecule has 0 unspecified atom stereocenters. The van der Waals surface area contributed by atoms with E-state index in [9.17, 15) is 4.79 Å². The van der Waals surface area contributed by atoms with Crippen LogP contribution >= 0.6 is 0 Å². The van der Waals surface area contributed by atoms with Gasteiger partial charge in [-0.1, -0.05) is 30.3 Å². The number of nitrogens with zero attached hydrogens (tertiary/aromatic N) is 2. The third kappa shape index (κ3) is 4.34. The zero-order valence-electron chi connectivity index (χ0n) is 13.5. The Morgan fingerprint density at radius 3 is 2.91 bits per heavy atom. The van der Waals surface area contributed by atoms with Crippen LogP contribution in [0.5, 0.6) is 0 Å². The van der Waals surface area contributed by atoms with Gasteiger partial charge < -0.3 is 10.6 Å². The molecule has 2 N–H and O–H groups in total. The predicted octanol–water partition coefficient (Wildman–Crippen LogP) is 2.45. The molecular weight excluding hydrogens is 288 g/mol. The molecule has 1 aliphatic rings. The highest BCUT2D eigenvalue weighted by Gasteiger charge is 2.24. The molecule has 1 aliphatic carbocycles. The second-order valence-corrected chi connectivity index (χ2v) is 6.31. The van der Waals surface area contributed by atoms with Gasteiger partial charge in [0.2, 0.25) is 5.91 Å². The van der Waals surface area contributed by atoms with Crippen LogP contribution in [0.25, 0.3) is 0 Å². The molecule has 23 heavy (non-hydrogen) atoms. The standard InChI is InChI=1S/C18H24N4O/c1-19-18(23)13-22-12-17(11-20-22)21-16-8-7-15(10-16)9-14-5-3-2-4-6-14/h2-6,11-12,15-16,21H,7-10,13H2,1H3,(H,19,23)/t15-,16-/m0/s1. The number of carbonyl (C=O) groups is 1. The zero-order valence-corrected chi connectivity index (χ0v) is 13.5. The number of anilines is 1. The summed E-state index contributed by atoms with van der Waals surface area (Å²) in [5, 5.41) is 10.4. The number of likely N-dealkylation sites (N-methyl/N-ethyl adjacent to an activating group) is 1. The van der Waals surface area contributed by atoms with E-state index < -0.39 is 0 Å². The summed E-state index contributed by atoms with van der Waals surface area (Å²) >= 11 is 0. The molecule has 5 nitrogen and oxygen atoms in total. The first-order chi connectivity index (χ1) is 11.2. The fourth-order valence-electron chi connectivity index (χ4n) is 3.33. The van der Waals surface area contributed by atoms with Crippen molar-refractivity contribution in [1.82, 2.24) is 15.1 Å². The predicted molar refractivity (Wildman–Crippen MR) is 91.2 cm³/mol. The highest BCUT2D eigenvalue weighted by Crippen LogP contribution is 2.30. The van der Waals surface area contributed by atoms with Gasteiger partial charge in [-0.3, -0.25) is 9.48 Å². The summed E-state index contributed by atoms with van der Waals surface area (Å²) in [6, 6.07) is 11.2. The number of benzene rings is 1. The van der Waals surface area contributed by atoms with Crippen molar-refractivity contribution in [2.45, 2.75) is 38.3 Å². The van der Waals surface area contributed by atoms with Gasteiger partial charge in [-0.25, -0.2) is 0 Å². The van der Waals surface area contributed by atoms with Gasteiger partial charge in [-0.15, -0.1) is 0 Å². The van der Waals surface area contributed by atoms with Crippen LogP contribution in [0.4, 0.5) is 5.69 Å². The molecule has 5 heteroatoms. The lowest BCUT2D eigenvalue weighted by Gasteiger charge is -2.13. The van der Waals surface area contributed by atoms with Gasteiger partial charge in [-0.2, -0.15) is 5.10 Å². The Kier molecular flexibility index (Phi) is 4.95. The van der Waals surface area contributed by atoms with Crippen LogP contribution in [-0.4, -0.2) is 28.8 Å². The SMILES string of the molecule is CNC(=O)Cn1cc(N[C@H]2CC[C@@H](Cc3ccccc3)C2)cn1. The van der Waals surface area contributed by atoms with E-state index in [1.807, 2.05) is 6.20 Å². The van der Waals surface area contributed by atoms with Gasteiger partial charge in [0.1, 0.15) is 6.54 Å². The average molecular weight is 312 g/mol. The first kappa shape index (κ1) is 15.6. The van der Waals surface area contributed by atoms with Crippen LogP contribution in [0.1, 0.15) is 24.8 Å². The normalized spacial score (nSPS) is 20.4. The van der Waals surface area contributed by atoms with Gasteiger partial charge in [0.15, 0.2) is 0 Å². The van der Waals surface area contributed by atoms with Crippen LogP contribution in [0, 0.1) is 5.92 Å². The monoisotopic (exact) mass is 312 g/mol. The molecule has 2 aromatic rings. The maximum Gasteiger partial charge on any atom is 0.241 e. The number of carbonyl (C=O) groups excluding carboxylic acids is 1. The third-order valence-electron chi connectivity index (χ3n) is 4.50. The molecule has 0 spiro atoms. The number of hydrogen-bond donors (Lipinski definition) is 2. The number of nitrogens with one attached hydrogen (secondary N) is 2. The average Bonchev–Trinajstić information content (AvgIpc) is 3.18. The Morgan fingerprint density at radius 2 is 2.13 bits per heavy atom. The third-order valence-corrected chi connectivity index (χ3v) is 4.50. The number of aromatic nitrogens is 2. The van der Waals surface area contributed by atoms with E-state index in [1.165, 1.54) is 24.8 Å². The van der Waals surface area contributed by atoms with Gasteiger partial charge in [0.25, 0.3) is 0 Å². The summed E-state index contributed by atoms with van der Waals surface area (Å²) in [5.74, 6) is 0.708. The zero-order chi connectivity index (χ0) is 16.1. The minimum absolute atomic E-state index is 0.0385. The minimum atomic E-state index is -0.0385. The second-order valence-electron chi connectivity index (χ2n) is 6.31. The number of amides is 1.